The third kappa shape index (κ3) is 3.10. The van der Waals surface area contributed by atoms with Crippen LogP contribution in [0, 0.1) is 0 Å². The number of carbonyl (C=O) groups excluding carboxylic acids is 2. The Morgan fingerprint density at radius 1 is 1.39 bits per heavy atom. The number of nitrogens with one attached hydrogen (secondary N) is 1. The molecule has 33 heavy (non-hydrogen) atoms. The van der Waals surface area contributed by atoms with Gasteiger partial charge in [-0.25, -0.2) is 9.59 Å². The molecule has 1 aromatic carbocycles. The molecule has 1 saturated carbocycles. The fourth-order valence-electron chi connectivity index (χ4n) is 6.37. The molecule has 1 aromatic rings. The van der Waals surface area contributed by atoms with E-state index in [2.05, 4.69) is 10.2 Å². The minimum atomic E-state index is -1.13. The van der Waals surface area contributed by atoms with Gasteiger partial charge in [0.2, 0.25) is 0 Å². The minimum absolute atomic E-state index is 0.0505. The summed E-state index contributed by atoms with van der Waals surface area (Å²) < 4.78 is 11.7. The zero-order valence-electron chi connectivity index (χ0n) is 18.6. The molecule has 10 heteroatoms. The van der Waals surface area contributed by atoms with Gasteiger partial charge in [-0.15, -0.1) is 0 Å². The first kappa shape index (κ1) is 22.5. The highest BCUT2D eigenvalue weighted by atomic mass is 32.2. The first-order valence-electron chi connectivity index (χ1n) is 11.2. The average molecular weight is 477 g/mol. The van der Waals surface area contributed by atoms with Crippen LogP contribution in [-0.4, -0.2) is 82.3 Å². The number of likely N-dealkylation sites (N-methyl/N-ethyl adjacent to an activating group) is 1. The van der Waals surface area contributed by atoms with E-state index in [0.717, 1.165) is 17.7 Å². The SMILES string of the molecule is CSCC[C@@H](NC(=O)Oc1ccc2c3c1OC1C(=O)CC[C@@]4(O)[C@@H](C2)N(C)CC[C@]314)C(=O)O. The first-order chi connectivity index (χ1) is 15.7. The standard InChI is InChI=1S/C23H28N2O7S/c1-25-9-8-22-17-12-3-4-15(31-21(29)24-13(20(27)28)6-10-33-2)18(17)32-19(22)14(26)5-7-23(22,30)16(25)11-12/h3-4,13,16,19,30H,5-11H2,1-2H3,(H,24,29)(H,27,28)/t13-,16-,19?,22+,23-/m1/s1. The van der Waals surface area contributed by atoms with Crippen LogP contribution < -0.4 is 14.8 Å². The second kappa shape index (κ2) is 7.89. The van der Waals surface area contributed by atoms with Crippen molar-refractivity contribution in [2.45, 2.75) is 61.3 Å². The lowest BCUT2D eigenvalue weighted by atomic mass is 9.49. The molecule has 1 spiro atoms. The maximum atomic E-state index is 13.0. The lowest BCUT2D eigenvalue weighted by Gasteiger charge is -2.61. The predicted octanol–water partition coefficient (Wildman–Crippen LogP) is 1.33. The number of Topliss-reactive ketones (excluding diaryl/α,β-unsaturated/α-hetero) is 1. The Balaban J connectivity index is 1.50. The number of piperidine rings is 1. The number of carbonyl (C=O) groups is 3. The van der Waals surface area contributed by atoms with E-state index in [1.165, 1.54) is 11.8 Å². The number of rotatable bonds is 6. The molecular weight excluding hydrogens is 448 g/mol. The smallest absolute Gasteiger partial charge is 0.413 e. The summed E-state index contributed by atoms with van der Waals surface area (Å²) in [6.07, 6.45) is 2.21. The van der Waals surface area contributed by atoms with Gasteiger partial charge in [-0.2, -0.15) is 11.8 Å². The number of likely N-dealkylation sites (tertiary alicyclic amines) is 1. The van der Waals surface area contributed by atoms with E-state index >= 15 is 0 Å². The van der Waals surface area contributed by atoms with Gasteiger partial charge in [0.05, 0.1) is 11.0 Å². The van der Waals surface area contributed by atoms with E-state index in [0.29, 0.717) is 30.8 Å². The van der Waals surface area contributed by atoms with Crippen molar-refractivity contribution in [3.63, 3.8) is 0 Å². The largest absolute Gasteiger partial charge is 0.480 e. The summed E-state index contributed by atoms with van der Waals surface area (Å²) in [7, 11) is 2.00. The number of benzene rings is 1. The third-order valence-electron chi connectivity index (χ3n) is 7.91. The highest BCUT2D eigenvalue weighted by Crippen LogP contribution is 2.64. The molecule has 2 bridgehead atoms. The zero-order valence-corrected chi connectivity index (χ0v) is 19.4. The Labute approximate surface area is 195 Å². The summed E-state index contributed by atoms with van der Waals surface area (Å²) in [5.41, 5.74) is -0.209. The number of aliphatic carboxylic acids is 1. The van der Waals surface area contributed by atoms with Gasteiger partial charge in [-0.3, -0.25) is 4.79 Å². The number of carboxylic acids is 1. The van der Waals surface area contributed by atoms with Crippen LogP contribution in [-0.2, 0) is 21.4 Å². The zero-order chi connectivity index (χ0) is 23.5. The number of hydrogen-bond donors (Lipinski definition) is 3. The molecule has 5 atom stereocenters. The van der Waals surface area contributed by atoms with Gasteiger partial charge in [0.15, 0.2) is 23.4 Å². The Morgan fingerprint density at radius 3 is 2.91 bits per heavy atom. The van der Waals surface area contributed by atoms with E-state index in [4.69, 9.17) is 9.47 Å². The molecule has 9 nitrogen and oxygen atoms in total. The number of hydrogen-bond acceptors (Lipinski definition) is 8. The van der Waals surface area contributed by atoms with Crippen molar-refractivity contribution < 1.29 is 34.1 Å². The molecule has 178 valence electrons. The first-order valence-corrected chi connectivity index (χ1v) is 12.6. The second-order valence-corrected chi connectivity index (χ2v) is 10.4. The van der Waals surface area contributed by atoms with Crippen LogP contribution >= 0.6 is 11.8 Å². The van der Waals surface area contributed by atoms with E-state index in [-0.39, 0.29) is 30.4 Å². The van der Waals surface area contributed by atoms with Crippen molar-refractivity contribution >= 4 is 29.6 Å². The predicted molar refractivity (Wildman–Crippen MR) is 120 cm³/mol. The van der Waals surface area contributed by atoms with Crippen molar-refractivity contribution in [2.24, 2.45) is 0 Å². The summed E-state index contributed by atoms with van der Waals surface area (Å²) >= 11 is 1.49. The van der Waals surface area contributed by atoms with E-state index in [9.17, 15) is 24.6 Å². The van der Waals surface area contributed by atoms with Crippen LogP contribution in [0.3, 0.4) is 0 Å². The molecule has 2 fully saturated rings. The van der Waals surface area contributed by atoms with Crippen LogP contribution in [0.4, 0.5) is 4.79 Å². The Morgan fingerprint density at radius 2 is 2.18 bits per heavy atom. The fraction of sp³-hybridized carbons (Fsp3) is 0.609. The van der Waals surface area contributed by atoms with Gasteiger partial charge in [0.25, 0.3) is 0 Å². The van der Waals surface area contributed by atoms with Gasteiger partial charge in [0, 0.05) is 18.0 Å². The number of ether oxygens (including phenoxy) is 2. The van der Waals surface area contributed by atoms with Gasteiger partial charge in [-0.1, -0.05) is 6.07 Å². The molecule has 1 saturated heterocycles. The van der Waals surface area contributed by atoms with Gasteiger partial charge in [-0.05, 0) is 62.9 Å². The maximum absolute atomic E-state index is 13.0. The highest BCUT2D eigenvalue weighted by Gasteiger charge is 2.72. The molecule has 3 N–H and O–H groups in total. The van der Waals surface area contributed by atoms with Crippen LogP contribution in [0.5, 0.6) is 11.5 Å². The molecule has 1 unspecified atom stereocenters. The van der Waals surface area contributed by atoms with E-state index < -0.39 is 35.2 Å². The van der Waals surface area contributed by atoms with Crippen LogP contribution in [0.1, 0.15) is 36.8 Å². The summed E-state index contributed by atoms with van der Waals surface area (Å²) in [4.78, 5) is 39.2. The van der Waals surface area contributed by atoms with E-state index in [1.807, 2.05) is 19.4 Å². The molecule has 1 amide bonds. The van der Waals surface area contributed by atoms with Crippen molar-refractivity contribution in [3.8, 4) is 11.5 Å². The minimum Gasteiger partial charge on any atom is -0.480 e. The summed E-state index contributed by atoms with van der Waals surface area (Å²) in [5, 5.41) is 23.8. The van der Waals surface area contributed by atoms with Crippen molar-refractivity contribution in [1.82, 2.24) is 10.2 Å². The maximum Gasteiger partial charge on any atom is 0.413 e. The molecule has 2 aliphatic heterocycles. The number of ketones is 1. The normalized spacial score (nSPS) is 32.5. The van der Waals surface area contributed by atoms with Gasteiger partial charge < -0.3 is 29.9 Å². The summed E-state index contributed by atoms with van der Waals surface area (Å²) in [6.45, 7) is 0.723. The summed E-state index contributed by atoms with van der Waals surface area (Å²) in [6, 6.07) is 2.30. The number of carboxylic acid groups (broad SMARTS) is 1. The summed E-state index contributed by atoms with van der Waals surface area (Å²) in [5.74, 6) is -0.155. The third-order valence-corrected chi connectivity index (χ3v) is 8.56. The van der Waals surface area contributed by atoms with Crippen LogP contribution in [0.15, 0.2) is 12.1 Å². The van der Waals surface area contributed by atoms with Crippen molar-refractivity contribution in [1.29, 1.82) is 0 Å². The Bertz CT molecular complexity index is 1030. The van der Waals surface area contributed by atoms with Gasteiger partial charge >= 0.3 is 12.1 Å². The number of amides is 1. The topological polar surface area (TPSA) is 125 Å². The lowest BCUT2D eigenvalue weighted by molar-refractivity contribution is -0.185. The molecular formula is C23H28N2O7S. The second-order valence-electron chi connectivity index (χ2n) is 9.44. The fourth-order valence-corrected chi connectivity index (χ4v) is 6.84. The van der Waals surface area contributed by atoms with Crippen molar-refractivity contribution in [3.05, 3.63) is 23.3 Å². The molecule has 2 aliphatic carbocycles. The number of nitrogens with zero attached hydrogens (tertiary/aromatic N) is 1. The molecule has 5 rings (SSSR count). The monoisotopic (exact) mass is 476 g/mol. The van der Waals surface area contributed by atoms with Crippen LogP contribution in [0.25, 0.3) is 0 Å². The molecule has 0 radical (unpaired) electrons. The Kier molecular flexibility index (Phi) is 5.37. The average Bonchev–Trinajstić information content (AvgIpc) is 3.13. The molecule has 2 heterocycles. The molecule has 4 aliphatic rings. The quantitative estimate of drug-likeness (QED) is 0.558. The lowest BCUT2D eigenvalue weighted by Crippen LogP contribution is -2.76. The van der Waals surface area contributed by atoms with Gasteiger partial charge in [0.1, 0.15) is 6.04 Å². The number of aliphatic hydroxyl groups is 1. The Hall–Kier alpha value is -2.30. The number of thioether (sulfide) groups is 1. The van der Waals surface area contributed by atoms with Crippen LogP contribution in [0.2, 0.25) is 0 Å². The highest BCUT2D eigenvalue weighted by molar-refractivity contribution is 7.98. The van der Waals surface area contributed by atoms with E-state index in [1.54, 1.807) is 6.07 Å². The molecule has 0 aromatic heterocycles. The van der Waals surface area contributed by atoms with Crippen molar-refractivity contribution in [2.75, 3.05) is 25.6 Å².